The lowest BCUT2D eigenvalue weighted by atomic mass is 9.99. The number of rotatable bonds is 5. The maximum atomic E-state index is 13.6. The Balaban J connectivity index is 1.70. The molecule has 6 heteroatoms. The number of para-hydroxylation sites is 2. The molecule has 0 saturated carbocycles. The number of nitrogens with zero attached hydrogens (tertiary/aromatic N) is 4. The third kappa shape index (κ3) is 3.43. The molecule has 0 fully saturated rings. The lowest BCUT2D eigenvalue weighted by molar-refractivity contribution is 0.0594. The van der Waals surface area contributed by atoms with Crippen molar-refractivity contribution in [3.05, 3.63) is 96.4 Å². The molecule has 2 aromatic heterocycles. The van der Waals surface area contributed by atoms with Crippen LogP contribution in [-0.2, 0) is 0 Å². The summed E-state index contributed by atoms with van der Waals surface area (Å²) in [5, 5.41) is 8.56. The quantitative estimate of drug-likeness (QED) is 0.473. The van der Waals surface area contributed by atoms with Crippen LogP contribution in [0.5, 0.6) is 0 Å². The van der Waals surface area contributed by atoms with Crippen molar-refractivity contribution in [2.24, 2.45) is 0 Å². The molecular formula is C26H25N5O. The van der Waals surface area contributed by atoms with Gasteiger partial charge in [0, 0.05) is 41.4 Å². The van der Waals surface area contributed by atoms with Gasteiger partial charge in [0.05, 0.1) is 16.9 Å². The minimum atomic E-state index is -0.340. The number of benzene rings is 2. The summed E-state index contributed by atoms with van der Waals surface area (Å²) in [5.74, 6) is 0.0341. The van der Waals surface area contributed by atoms with Crippen LogP contribution in [0.2, 0.25) is 0 Å². The number of pyridine rings is 1. The summed E-state index contributed by atoms with van der Waals surface area (Å²) in [7, 11) is 0. The molecule has 4 aromatic rings. The number of carbonyl (C=O) groups is 1. The van der Waals surface area contributed by atoms with Crippen molar-refractivity contribution in [3.63, 3.8) is 0 Å². The van der Waals surface area contributed by atoms with Crippen LogP contribution < -0.4 is 5.32 Å². The molecule has 2 atom stereocenters. The van der Waals surface area contributed by atoms with Gasteiger partial charge in [0.25, 0.3) is 5.91 Å². The first kappa shape index (κ1) is 20.0. The molecule has 1 amide bonds. The van der Waals surface area contributed by atoms with E-state index in [0.717, 1.165) is 34.6 Å². The van der Waals surface area contributed by atoms with Gasteiger partial charge in [-0.2, -0.15) is 5.10 Å². The Bertz CT molecular complexity index is 1240. The summed E-state index contributed by atoms with van der Waals surface area (Å²) in [5.41, 5.74) is 5.24. The molecule has 0 spiro atoms. The van der Waals surface area contributed by atoms with Crippen LogP contribution in [0.1, 0.15) is 42.4 Å². The zero-order chi connectivity index (χ0) is 22.1. The molecular weight excluding hydrogens is 398 g/mol. The summed E-state index contributed by atoms with van der Waals surface area (Å²) in [6.07, 6.45) is 6.07. The van der Waals surface area contributed by atoms with Gasteiger partial charge < -0.3 is 10.2 Å². The Morgan fingerprint density at radius 1 is 1.00 bits per heavy atom. The minimum Gasteiger partial charge on any atom is -0.361 e. The molecule has 5 rings (SSSR count). The van der Waals surface area contributed by atoms with Gasteiger partial charge in [0.15, 0.2) is 0 Å². The summed E-state index contributed by atoms with van der Waals surface area (Å²) in [6.45, 7) is 4.20. The van der Waals surface area contributed by atoms with Gasteiger partial charge in [-0.3, -0.25) is 9.78 Å². The second kappa shape index (κ2) is 8.30. The van der Waals surface area contributed by atoms with Crippen molar-refractivity contribution in [2.75, 3.05) is 5.32 Å². The normalized spacial score (nSPS) is 16.4. The molecule has 3 heterocycles. The van der Waals surface area contributed by atoms with E-state index in [1.54, 1.807) is 12.4 Å². The lowest BCUT2D eigenvalue weighted by Gasteiger charge is -2.41. The standard InChI is InChI=1S/C26H25N5O/c1-3-18(2)31-25(28-23-12-8-7-11-21(23)26(31)32)22-17-30(20-9-5-4-6-10-20)29-24(22)19-13-15-27-16-14-19/h4-18,25,28H,3H2,1-2H3/t18-,25-/m0/s1. The van der Waals surface area contributed by atoms with E-state index in [-0.39, 0.29) is 18.1 Å². The van der Waals surface area contributed by atoms with E-state index in [1.165, 1.54) is 0 Å². The topological polar surface area (TPSA) is 63.1 Å². The molecule has 0 radical (unpaired) electrons. The van der Waals surface area contributed by atoms with Crippen LogP contribution >= 0.6 is 0 Å². The fourth-order valence-corrected chi connectivity index (χ4v) is 4.18. The summed E-state index contributed by atoms with van der Waals surface area (Å²) >= 11 is 0. The molecule has 0 saturated heterocycles. The van der Waals surface area contributed by atoms with Gasteiger partial charge in [-0.15, -0.1) is 0 Å². The second-order valence-electron chi connectivity index (χ2n) is 8.01. The van der Waals surface area contributed by atoms with E-state index in [2.05, 4.69) is 24.1 Å². The molecule has 32 heavy (non-hydrogen) atoms. The van der Waals surface area contributed by atoms with E-state index in [9.17, 15) is 4.79 Å². The van der Waals surface area contributed by atoms with Gasteiger partial charge in [0.1, 0.15) is 6.17 Å². The van der Waals surface area contributed by atoms with E-state index >= 15 is 0 Å². The monoisotopic (exact) mass is 423 g/mol. The zero-order valence-electron chi connectivity index (χ0n) is 18.1. The number of hydrogen-bond donors (Lipinski definition) is 1. The Hall–Kier alpha value is -3.93. The first-order chi connectivity index (χ1) is 15.7. The van der Waals surface area contributed by atoms with Gasteiger partial charge >= 0.3 is 0 Å². The zero-order valence-corrected chi connectivity index (χ0v) is 18.1. The highest BCUT2D eigenvalue weighted by Crippen LogP contribution is 2.38. The maximum absolute atomic E-state index is 13.6. The van der Waals surface area contributed by atoms with Crippen molar-refractivity contribution >= 4 is 11.6 Å². The van der Waals surface area contributed by atoms with Crippen LogP contribution in [-0.4, -0.2) is 31.6 Å². The van der Waals surface area contributed by atoms with Crippen LogP contribution in [0, 0.1) is 0 Å². The van der Waals surface area contributed by atoms with Gasteiger partial charge in [-0.1, -0.05) is 37.3 Å². The molecule has 6 nitrogen and oxygen atoms in total. The third-order valence-electron chi connectivity index (χ3n) is 6.04. The number of anilines is 1. The maximum Gasteiger partial charge on any atom is 0.258 e. The Morgan fingerprint density at radius 3 is 2.47 bits per heavy atom. The number of amides is 1. The highest BCUT2D eigenvalue weighted by Gasteiger charge is 2.37. The fourth-order valence-electron chi connectivity index (χ4n) is 4.18. The van der Waals surface area contributed by atoms with Crippen molar-refractivity contribution in [1.82, 2.24) is 19.7 Å². The average Bonchev–Trinajstić information content (AvgIpc) is 3.30. The van der Waals surface area contributed by atoms with E-state index in [1.807, 2.05) is 82.5 Å². The highest BCUT2D eigenvalue weighted by atomic mass is 16.2. The Labute approximate surface area is 187 Å². The Morgan fingerprint density at radius 2 is 1.72 bits per heavy atom. The van der Waals surface area contributed by atoms with Crippen molar-refractivity contribution in [1.29, 1.82) is 0 Å². The van der Waals surface area contributed by atoms with Crippen LogP contribution in [0.15, 0.2) is 85.3 Å². The summed E-state index contributed by atoms with van der Waals surface area (Å²) in [6, 6.07) is 21.7. The van der Waals surface area contributed by atoms with Gasteiger partial charge in [0.2, 0.25) is 0 Å². The largest absolute Gasteiger partial charge is 0.361 e. The first-order valence-corrected chi connectivity index (χ1v) is 10.9. The minimum absolute atomic E-state index is 0.0341. The highest BCUT2D eigenvalue weighted by molar-refractivity contribution is 6.02. The fraction of sp³-hybridized carbons (Fsp3) is 0.192. The van der Waals surface area contributed by atoms with Crippen molar-refractivity contribution in [2.45, 2.75) is 32.5 Å². The van der Waals surface area contributed by atoms with Crippen molar-refractivity contribution < 1.29 is 4.79 Å². The number of hydrogen-bond acceptors (Lipinski definition) is 4. The second-order valence-corrected chi connectivity index (χ2v) is 8.01. The molecule has 2 aromatic carbocycles. The van der Waals surface area contributed by atoms with Gasteiger partial charge in [-0.05, 0) is 49.7 Å². The molecule has 0 aliphatic carbocycles. The molecule has 1 N–H and O–H groups in total. The molecule has 160 valence electrons. The Kier molecular flexibility index (Phi) is 5.19. The summed E-state index contributed by atoms with van der Waals surface area (Å²) < 4.78 is 1.88. The number of fused-ring (bicyclic) bond motifs is 1. The number of nitrogens with one attached hydrogen (secondary N) is 1. The van der Waals surface area contributed by atoms with Crippen molar-refractivity contribution in [3.8, 4) is 16.9 Å². The molecule has 0 bridgehead atoms. The third-order valence-corrected chi connectivity index (χ3v) is 6.04. The predicted octanol–water partition coefficient (Wildman–Crippen LogP) is 5.30. The van der Waals surface area contributed by atoms with Crippen LogP contribution in [0.25, 0.3) is 16.9 Å². The van der Waals surface area contributed by atoms with Crippen LogP contribution in [0.3, 0.4) is 0 Å². The molecule has 1 aliphatic heterocycles. The number of carbonyl (C=O) groups excluding carboxylic acids is 1. The van der Waals surface area contributed by atoms with E-state index in [0.29, 0.717) is 5.56 Å². The van der Waals surface area contributed by atoms with Crippen LogP contribution in [0.4, 0.5) is 5.69 Å². The molecule has 0 unspecified atom stereocenters. The average molecular weight is 424 g/mol. The first-order valence-electron chi connectivity index (χ1n) is 10.9. The summed E-state index contributed by atoms with van der Waals surface area (Å²) in [4.78, 5) is 19.7. The lowest BCUT2D eigenvalue weighted by Crippen LogP contribution is -2.47. The van der Waals surface area contributed by atoms with Gasteiger partial charge in [-0.25, -0.2) is 4.68 Å². The van der Waals surface area contributed by atoms with E-state index < -0.39 is 0 Å². The van der Waals surface area contributed by atoms with E-state index in [4.69, 9.17) is 5.10 Å². The SMILES string of the molecule is CC[C@H](C)N1C(=O)c2ccccc2N[C@@H]1c1cn(-c2ccccc2)nc1-c1ccncc1. The smallest absolute Gasteiger partial charge is 0.258 e. The predicted molar refractivity (Wildman–Crippen MR) is 126 cm³/mol. The number of aromatic nitrogens is 3. The molecule has 1 aliphatic rings.